The van der Waals surface area contributed by atoms with Crippen LogP contribution in [0.3, 0.4) is 0 Å². The third kappa shape index (κ3) is 7.73. The van der Waals surface area contributed by atoms with Crippen LogP contribution in [0.25, 0.3) is 11.0 Å². The van der Waals surface area contributed by atoms with Crippen molar-refractivity contribution in [3.8, 4) is 0 Å². The number of fused-ring (bicyclic) bond motifs is 1. The fraction of sp³-hybridized carbons (Fsp3) is 0.704. The first kappa shape index (κ1) is 27.0. The van der Waals surface area contributed by atoms with Crippen LogP contribution in [-0.2, 0) is 4.74 Å². The van der Waals surface area contributed by atoms with Gasteiger partial charge in [0, 0.05) is 50.4 Å². The molecule has 3 aliphatic rings. The van der Waals surface area contributed by atoms with E-state index in [-0.39, 0.29) is 6.04 Å². The van der Waals surface area contributed by atoms with Gasteiger partial charge in [0.25, 0.3) is 0 Å². The lowest BCUT2D eigenvalue weighted by Crippen LogP contribution is -2.47. The Bertz CT molecular complexity index is 948. The molecule has 2 aromatic rings. The van der Waals surface area contributed by atoms with Crippen LogP contribution in [0.1, 0.15) is 64.2 Å². The van der Waals surface area contributed by atoms with Gasteiger partial charge in [-0.25, -0.2) is 4.79 Å². The van der Waals surface area contributed by atoms with Gasteiger partial charge in [-0.05, 0) is 69.5 Å². The van der Waals surface area contributed by atoms with Gasteiger partial charge in [-0.3, -0.25) is 4.90 Å². The van der Waals surface area contributed by atoms with Gasteiger partial charge in [0.1, 0.15) is 0 Å². The van der Waals surface area contributed by atoms with Crippen molar-refractivity contribution in [1.82, 2.24) is 15.4 Å². The molecule has 0 spiro atoms. The van der Waals surface area contributed by atoms with E-state index in [0.29, 0.717) is 17.0 Å². The minimum absolute atomic E-state index is 0.143. The Kier molecular flexibility index (Phi) is 10.1. The number of hydrogen-bond donors (Lipinski definition) is 2. The molecule has 1 aromatic heterocycles. The topological polar surface area (TPSA) is 91.1 Å². The van der Waals surface area contributed by atoms with Gasteiger partial charge < -0.3 is 24.6 Å². The summed E-state index contributed by atoms with van der Waals surface area (Å²) in [6.45, 7) is 5.06. The number of piperazine rings is 1. The van der Waals surface area contributed by atoms with Gasteiger partial charge >= 0.3 is 6.09 Å². The molecule has 0 bridgehead atoms. The van der Waals surface area contributed by atoms with Crippen LogP contribution < -0.4 is 10.2 Å². The number of carbonyl (C=O) groups is 1. The Morgan fingerprint density at radius 3 is 2.47 bits per heavy atom. The molecule has 36 heavy (non-hydrogen) atoms. The van der Waals surface area contributed by atoms with Crippen LogP contribution >= 0.6 is 11.6 Å². The lowest BCUT2D eigenvalue weighted by Gasteiger charge is -2.36. The van der Waals surface area contributed by atoms with Gasteiger partial charge in [0.05, 0.1) is 11.5 Å². The summed E-state index contributed by atoms with van der Waals surface area (Å²) in [6, 6.07) is 5.81. The molecule has 2 heterocycles. The molecule has 1 aliphatic heterocycles. The summed E-state index contributed by atoms with van der Waals surface area (Å²) in [4.78, 5) is 15.6. The molecular weight excluding hydrogens is 480 g/mol. The Morgan fingerprint density at radius 2 is 1.83 bits per heavy atom. The number of hydrogen-bond acceptors (Lipinski definition) is 6. The zero-order valence-corrected chi connectivity index (χ0v) is 22.2. The number of methoxy groups -OCH3 is 1. The highest BCUT2D eigenvalue weighted by molar-refractivity contribution is 6.31. The van der Waals surface area contributed by atoms with Gasteiger partial charge in [0.2, 0.25) is 0 Å². The molecule has 2 aliphatic carbocycles. The summed E-state index contributed by atoms with van der Waals surface area (Å²) in [5.41, 5.74) is 0.734. The molecule has 0 atom stereocenters. The predicted octanol–water partition coefficient (Wildman–Crippen LogP) is 5.79. The molecular formula is C27H41ClN4O4. The second-order valence-corrected chi connectivity index (χ2v) is 10.9. The molecule has 8 nitrogen and oxygen atoms in total. The van der Waals surface area contributed by atoms with Crippen molar-refractivity contribution in [3.63, 3.8) is 0 Å². The molecule has 5 rings (SSSR count). The smallest absolute Gasteiger partial charge is 0.404 e. The van der Waals surface area contributed by atoms with Crippen molar-refractivity contribution in [1.29, 1.82) is 0 Å². The summed E-state index contributed by atoms with van der Waals surface area (Å²) in [6.07, 6.45) is 11.8. The van der Waals surface area contributed by atoms with Crippen molar-refractivity contribution in [2.24, 2.45) is 5.92 Å². The quantitative estimate of drug-likeness (QED) is 0.498. The predicted molar refractivity (Wildman–Crippen MR) is 143 cm³/mol. The van der Waals surface area contributed by atoms with E-state index >= 15 is 0 Å². The first-order valence-corrected chi connectivity index (χ1v) is 13.9. The maximum absolute atomic E-state index is 10.7. The average Bonchev–Trinajstić information content (AvgIpc) is 3.32. The van der Waals surface area contributed by atoms with Crippen LogP contribution in [0.15, 0.2) is 22.7 Å². The van der Waals surface area contributed by atoms with Crippen LogP contribution in [0, 0.1) is 5.92 Å². The van der Waals surface area contributed by atoms with Crippen LogP contribution in [0.5, 0.6) is 0 Å². The van der Waals surface area contributed by atoms with E-state index in [4.69, 9.17) is 26.0 Å². The maximum Gasteiger partial charge on any atom is 0.404 e. The SMILES string of the molecule is COC1CCCCC1.O=C(O)N[C@H]1CC[C@H](CCN2CCN(c3noc4cc(Cl)ccc34)CC2)CC1. The Balaban J connectivity index is 0.000000325. The van der Waals surface area contributed by atoms with Gasteiger partial charge in [-0.2, -0.15) is 0 Å². The van der Waals surface area contributed by atoms with Gasteiger partial charge in [-0.15, -0.1) is 0 Å². The van der Waals surface area contributed by atoms with Crippen molar-refractivity contribution < 1.29 is 19.2 Å². The molecule has 2 N–H and O–H groups in total. The lowest BCUT2D eigenvalue weighted by atomic mass is 9.84. The maximum atomic E-state index is 10.7. The van der Waals surface area contributed by atoms with Crippen molar-refractivity contribution in [3.05, 3.63) is 23.2 Å². The molecule has 9 heteroatoms. The molecule has 200 valence electrons. The molecule has 1 saturated heterocycles. The van der Waals surface area contributed by atoms with E-state index in [2.05, 4.69) is 20.3 Å². The summed E-state index contributed by atoms with van der Waals surface area (Å²) in [5, 5.41) is 17.4. The minimum atomic E-state index is -0.899. The van der Waals surface area contributed by atoms with E-state index in [1.54, 1.807) is 0 Å². The van der Waals surface area contributed by atoms with Crippen molar-refractivity contribution >= 4 is 34.5 Å². The number of aromatic nitrogens is 1. The number of halogens is 1. The van der Waals surface area contributed by atoms with Crippen molar-refractivity contribution in [2.75, 3.05) is 44.7 Å². The molecule has 2 saturated carbocycles. The fourth-order valence-corrected chi connectivity index (χ4v) is 5.91. The highest BCUT2D eigenvalue weighted by Gasteiger charge is 2.25. The van der Waals surface area contributed by atoms with E-state index in [1.807, 2.05) is 25.3 Å². The summed E-state index contributed by atoms with van der Waals surface area (Å²) < 4.78 is 10.6. The number of nitrogens with one attached hydrogen (secondary N) is 1. The van der Waals surface area contributed by atoms with Crippen LogP contribution in [0.4, 0.5) is 10.6 Å². The zero-order chi connectivity index (χ0) is 25.3. The number of benzene rings is 1. The molecule has 3 fully saturated rings. The van der Waals surface area contributed by atoms with E-state index in [9.17, 15) is 4.79 Å². The molecule has 1 amide bonds. The summed E-state index contributed by atoms with van der Waals surface area (Å²) in [5.74, 6) is 1.63. The Hall–Kier alpha value is -2.03. The zero-order valence-electron chi connectivity index (χ0n) is 21.5. The Labute approximate surface area is 219 Å². The third-order valence-corrected chi connectivity index (χ3v) is 8.24. The number of nitrogens with zero attached hydrogens (tertiary/aromatic N) is 3. The monoisotopic (exact) mass is 520 g/mol. The van der Waals surface area contributed by atoms with Crippen LogP contribution in [-0.4, -0.2) is 73.2 Å². The largest absolute Gasteiger partial charge is 0.465 e. The first-order valence-electron chi connectivity index (χ1n) is 13.6. The Morgan fingerprint density at radius 1 is 1.11 bits per heavy atom. The first-order chi connectivity index (χ1) is 17.5. The number of amides is 1. The summed E-state index contributed by atoms with van der Waals surface area (Å²) >= 11 is 6.02. The highest BCUT2D eigenvalue weighted by Crippen LogP contribution is 2.30. The normalized spacial score (nSPS) is 23.8. The van der Waals surface area contributed by atoms with E-state index < -0.39 is 6.09 Å². The average molecular weight is 521 g/mol. The number of ether oxygens (including phenoxy) is 1. The minimum Gasteiger partial charge on any atom is -0.465 e. The molecule has 0 unspecified atom stereocenters. The van der Waals surface area contributed by atoms with E-state index in [1.165, 1.54) is 38.5 Å². The molecule has 1 aromatic carbocycles. The molecule has 0 radical (unpaired) electrons. The van der Waals surface area contributed by atoms with Gasteiger partial charge in [-0.1, -0.05) is 36.0 Å². The highest BCUT2D eigenvalue weighted by atomic mass is 35.5. The number of carboxylic acid groups (broad SMARTS) is 1. The second-order valence-electron chi connectivity index (χ2n) is 10.4. The summed E-state index contributed by atoms with van der Waals surface area (Å²) in [7, 11) is 1.82. The lowest BCUT2D eigenvalue weighted by molar-refractivity contribution is 0.0710. The number of anilines is 1. The van der Waals surface area contributed by atoms with Crippen LogP contribution in [0.2, 0.25) is 5.02 Å². The van der Waals surface area contributed by atoms with Crippen molar-refractivity contribution in [2.45, 2.75) is 76.4 Å². The fourth-order valence-electron chi connectivity index (χ4n) is 5.75. The second kappa shape index (κ2) is 13.5. The third-order valence-electron chi connectivity index (χ3n) is 8.00. The van der Waals surface area contributed by atoms with Gasteiger partial charge in [0.15, 0.2) is 11.4 Å². The number of rotatable bonds is 6. The standard InChI is InChI=1S/C20H27ClN4O3.C7H14O/c21-15-3-6-17-18(13-15)28-23-19(17)25-11-9-24(10-12-25)8-7-14-1-4-16(5-2-14)22-20(26)27;1-8-7-5-3-2-4-6-7/h3,6,13-14,16,22H,1-2,4-5,7-12H2,(H,26,27);7H,2-6H2,1H3/t14-,16-;. The van der Waals surface area contributed by atoms with E-state index in [0.717, 1.165) is 75.2 Å².